The van der Waals surface area contributed by atoms with Crippen molar-refractivity contribution in [2.75, 3.05) is 13.1 Å². The van der Waals surface area contributed by atoms with Crippen LogP contribution in [-0.4, -0.2) is 29.8 Å². The predicted octanol–water partition coefficient (Wildman–Crippen LogP) is 2.39. The molecule has 0 N–H and O–H groups in total. The number of alkyl halides is 2. The van der Waals surface area contributed by atoms with Gasteiger partial charge in [-0.2, -0.15) is 0 Å². The second-order valence-electron chi connectivity index (χ2n) is 6.26. The van der Waals surface area contributed by atoms with E-state index >= 15 is 0 Å². The Morgan fingerprint density at radius 1 is 1.29 bits per heavy atom. The van der Waals surface area contributed by atoms with E-state index in [0.29, 0.717) is 36.8 Å². The first-order valence-electron chi connectivity index (χ1n) is 6.56. The maximum atomic E-state index is 12.9. The third-order valence-electron chi connectivity index (χ3n) is 5.17. The van der Waals surface area contributed by atoms with Gasteiger partial charge in [0, 0.05) is 19.5 Å². The highest BCUT2D eigenvalue weighted by Crippen LogP contribution is 2.51. The molecule has 2 saturated carbocycles. The molecule has 1 heterocycles. The van der Waals surface area contributed by atoms with Crippen LogP contribution in [0, 0.1) is 29.6 Å². The van der Waals surface area contributed by atoms with E-state index < -0.39 is 11.8 Å². The standard InChI is InChI=1S/C13H19F2NO/c1-7-3-9-5-16(6-10(9)8(7)2)12(17)11-4-13(11,14)15/h7-11H,3-6H2,1-2H3/t7-,8+,9-,10-,11?/m1/s1. The minimum atomic E-state index is -2.71. The van der Waals surface area contributed by atoms with Crippen molar-refractivity contribution in [3.05, 3.63) is 0 Å². The highest BCUT2D eigenvalue weighted by atomic mass is 19.3. The fraction of sp³-hybridized carbons (Fsp3) is 0.923. The molecule has 3 aliphatic rings. The van der Waals surface area contributed by atoms with Crippen LogP contribution in [0.2, 0.25) is 0 Å². The number of fused-ring (bicyclic) bond motifs is 1. The summed E-state index contributed by atoms with van der Waals surface area (Å²) in [6.45, 7) is 5.91. The first kappa shape index (κ1) is 11.4. The molecule has 0 bridgehead atoms. The van der Waals surface area contributed by atoms with Crippen molar-refractivity contribution in [3.63, 3.8) is 0 Å². The Labute approximate surface area is 100 Å². The summed E-state index contributed by atoms with van der Waals surface area (Å²) in [5.74, 6) is -1.59. The molecule has 17 heavy (non-hydrogen) atoms. The Hall–Kier alpha value is -0.670. The zero-order valence-corrected chi connectivity index (χ0v) is 10.3. The Bertz CT molecular complexity index is 357. The number of hydrogen-bond donors (Lipinski definition) is 0. The summed E-state index contributed by atoms with van der Waals surface area (Å²) in [7, 11) is 0. The van der Waals surface area contributed by atoms with Gasteiger partial charge >= 0.3 is 0 Å². The lowest BCUT2D eigenvalue weighted by atomic mass is 9.91. The molecule has 1 saturated heterocycles. The van der Waals surface area contributed by atoms with Crippen LogP contribution in [-0.2, 0) is 4.79 Å². The lowest BCUT2D eigenvalue weighted by molar-refractivity contribution is -0.134. The van der Waals surface area contributed by atoms with Crippen LogP contribution in [0.5, 0.6) is 0 Å². The Kier molecular flexibility index (Phi) is 2.30. The molecule has 4 heteroatoms. The number of hydrogen-bond acceptors (Lipinski definition) is 1. The van der Waals surface area contributed by atoms with E-state index in [0.717, 1.165) is 6.42 Å². The first-order valence-corrected chi connectivity index (χ1v) is 6.56. The van der Waals surface area contributed by atoms with Crippen LogP contribution in [0.25, 0.3) is 0 Å². The minimum Gasteiger partial charge on any atom is -0.342 e. The fourth-order valence-electron chi connectivity index (χ4n) is 3.74. The quantitative estimate of drug-likeness (QED) is 0.692. The molecule has 3 fully saturated rings. The highest BCUT2D eigenvalue weighted by Gasteiger charge is 2.63. The van der Waals surface area contributed by atoms with E-state index in [1.54, 1.807) is 4.90 Å². The average molecular weight is 243 g/mol. The van der Waals surface area contributed by atoms with Crippen LogP contribution < -0.4 is 0 Å². The number of halogens is 2. The summed E-state index contributed by atoms with van der Waals surface area (Å²) in [5, 5.41) is 0. The maximum absolute atomic E-state index is 12.9. The number of rotatable bonds is 1. The van der Waals surface area contributed by atoms with E-state index in [4.69, 9.17) is 0 Å². The molecule has 2 nitrogen and oxygen atoms in total. The van der Waals surface area contributed by atoms with Crippen molar-refractivity contribution in [3.8, 4) is 0 Å². The van der Waals surface area contributed by atoms with Crippen molar-refractivity contribution in [1.82, 2.24) is 4.90 Å². The minimum absolute atomic E-state index is 0.233. The third kappa shape index (κ3) is 1.67. The zero-order valence-electron chi connectivity index (χ0n) is 10.3. The first-order chi connectivity index (χ1) is 7.90. The molecule has 3 rings (SSSR count). The SMILES string of the molecule is C[C@@H]1[C@H]2CN(C(=O)C3CC3(F)F)C[C@H]2C[C@H]1C. The van der Waals surface area contributed by atoms with Gasteiger partial charge in [0.05, 0.1) is 0 Å². The normalized spacial score (nSPS) is 47.1. The molecule has 96 valence electrons. The molecule has 1 aliphatic heterocycles. The number of likely N-dealkylation sites (tertiary alicyclic amines) is 1. The molecule has 0 aromatic rings. The zero-order chi connectivity index (χ0) is 12.4. The topological polar surface area (TPSA) is 20.3 Å². The molecule has 0 aromatic carbocycles. The Balaban J connectivity index is 1.64. The van der Waals surface area contributed by atoms with E-state index in [9.17, 15) is 13.6 Å². The van der Waals surface area contributed by atoms with Gasteiger partial charge < -0.3 is 4.90 Å². The van der Waals surface area contributed by atoms with Crippen molar-refractivity contribution >= 4 is 5.91 Å². The number of carbonyl (C=O) groups is 1. The Morgan fingerprint density at radius 2 is 1.94 bits per heavy atom. The van der Waals surface area contributed by atoms with E-state index in [1.165, 1.54) is 0 Å². The third-order valence-corrected chi connectivity index (χ3v) is 5.17. The van der Waals surface area contributed by atoms with E-state index in [2.05, 4.69) is 13.8 Å². The molecule has 5 atom stereocenters. The van der Waals surface area contributed by atoms with Gasteiger partial charge in [-0.3, -0.25) is 4.79 Å². The average Bonchev–Trinajstić information content (AvgIpc) is 2.61. The molecule has 0 aromatic heterocycles. The number of nitrogens with zero attached hydrogens (tertiary/aromatic N) is 1. The summed E-state index contributed by atoms with van der Waals surface area (Å²) in [4.78, 5) is 13.6. The van der Waals surface area contributed by atoms with Gasteiger partial charge in [-0.25, -0.2) is 8.78 Å². The van der Waals surface area contributed by atoms with Crippen molar-refractivity contribution in [1.29, 1.82) is 0 Å². The van der Waals surface area contributed by atoms with Gasteiger partial charge in [0.25, 0.3) is 5.92 Å². The summed E-state index contributed by atoms with van der Waals surface area (Å²) in [6.07, 6.45) is 0.917. The van der Waals surface area contributed by atoms with Gasteiger partial charge in [0.2, 0.25) is 5.91 Å². The van der Waals surface area contributed by atoms with Gasteiger partial charge in [-0.1, -0.05) is 13.8 Å². The van der Waals surface area contributed by atoms with Gasteiger partial charge in [0.15, 0.2) is 0 Å². The van der Waals surface area contributed by atoms with Gasteiger partial charge in [0.1, 0.15) is 5.92 Å². The van der Waals surface area contributed by atoms with Crippen molar-refractivity contribution in [2.24, 2.45) is 29.6 Å². The summed E-state index contributed by atoms with van der Waals surface area (Å²) in [5.41, 5.74) is 0. The van der Waals surface area contributed by atoms with Crippen LogP contribution in [0.1, 0.15) is 26.7 Å². The summed E-state index contributed by atoms with van der Waals surface area (Å²) >= 11 is 0. The second kappa shape index (κ2) is 3.42. The maximum Gasteiger partial charge on any atom is 0.260 e. The van der Waals surface area contributed by atoms with Crippen LogP contribution in [0.15, 0.2) is 0 Å². The van der Waals surface area contributed by atoms with Crippen molar-refractivity contribution in [2.45, 2.75) is 32.6 Å². The van der Waals surface area contributed by atoms with Crippen molar-refractivity contribution < 1.29 is 13.6 Å². The predicted molar refractivity (Wildman–Crippen MR) is 59.6 cm³/mol. The van der Waals surface area contributed by atoms with Gasteiger partial charge in [-0.05, 0) is 30.1 Å². The van der Waals surface area contributed by atoms with Gasteiger partial charge in [-0.15, -0.1) is 0 Å². The molecule has 2 aliphatic carbocycles. The lowest BCUT2D eigenvalue weighted by Crippen LogP contribution is -2.33. The van der Waals surface area contributed by atoms with Crippen LogP contribution >= 0.6 is 0 Å². The Morgan fingerprint density at radius 3 is 2.47 bits per heavy atom. The highest BCUT2D eigenvalue weighted by molar-refractivity contribution is 5.83. The molecule has 0 radical (unpaired) electrons. The molecule has 1 unspecified atom stereocenters. The molecular weight excluding hydrogens is 224 g/mol. The molecular formula is C13H19F2NO. The molecule has 0 spiro atoms. The fourth-order valence-corrected chi connectivity index (χ4v) is 3.74. The van der Waals surface area contributed by atoms with E-state index in [1.807, 2.05) is 0 Å². The monoisotopic (exact) mass is 243 g/mol. The lowest BCUT2D eigenvalue weighted by Gasteiger charge is -2.21. The second-order valence-corrected chi connectivity index (χ2v) is 6.26. The van der Waals surface area contributed by atoms with Crippen LogP contribution in [0.3, 0.4) is 0 Å². The number of carbonyl (C=O) groups excluding carboxylic acids is 1. The smallest absolute Gasteiger partial charge is 0.260 e. The summed E-state index contributed by atoms with van der Waals surface area (Å²) in [6, 6.07) is 0. The van der Waals surface area contributed by atoms with E-state index in [-0.39, 0.29) is 12.3 Å². The van der Waals surface area contributed by atoms with Crippen LogP contribution in [0.4, 0.5) is 8.78 Å². The number of amides is 1. The summed E-state index contributed by atoms with van der Waals surface area (Å²) < 4.78 is 25.8. The largest absolute Gasteiger partial charge is 0.342 e. The molecule has 1 amide bonds.